The van der Waals surface area contributed by atoms with E-state index in [9.17, 15) is 5.26 Å². The van der Waals surface area contributed by atoms with Crippen molar-refractivity contribution in [2.45, 2.75) is 0 Å². The zero-order valence-corrected chi connectivity index (χ0v) is 13.4. The van der Waals surface area contributed by atoms with Crippen LogP contribution in [0.15, 0.2) is 47.0 Å². The molecule has 1 aliphatic rings. The highest BCUT2D eigenvalue weighted by molar-refractivity contribution is 8.06. The maximum atomic E-state index is 9.42. The first kappa shape index (κ1) is 14.9. The second-order valence-corrected chi connectivity index (χ2v) is 5.96. The van der Waals surface area contributed by atoms with E-state index in [-0.39, 0.29) is 5.28 Å². The summed E-state index contributed by atoms with van der Waals surface area (Å²) >= 11 is 13.1. The Labute approximate surface area is 141 Å². The molecule has 2 aromatic rings. The maximum Gasteiger partial charge on any atom is 0.222 e. The molecule has 0 saturated heterocycles. The topological polar surface area (TPSA) is 61.6 Å². The summed E-state index contributed by atoms with van der Waals surface area (Å²) in [5, 5.41) is 16.1. The van der Waals surface area contributed by atoms with E-state index in [1.807, 2.05) is 29.7 Å². The standard InChI is InChI=1S/C15H8Cl2N4S/c16-10-3-1-9(2-4-10)13-8-22-14(20-13)11(7-18)12-5-6-19-15(17)21-12/h1-6,8,20H. The van der Waals surface area contributed by atoms with Crippen LogP contribution in [0.3, 0.4) is 0 Å². The maximum absolute atomic E-state index is 9.42. The molecular weight excluding hydrogens is 339 g/mol. The first-order valence-corrected chi connectivity index (χ1v) is 7.84. The Hall–Kier alpha value is -2.00. The van der Waals surface area contributed by atoms with Crippen molar-refractivity contribution in [3.63, 3.8) is 0 Å². The average molecular weight is 347 g/mol. The van der Waals surface area contributed by atoms with Crippen LogP contribution in [0.4, 0.5) is 0 Å². The molecule has 0 atom stereocenters. The van der Waals surface area contributed by atoms with Gasteiger partial charge in [-0.05, 0) is 35.4 Å². The second-order valence-electron chi connectivity index (χ2n) is 4.31. The lowest BCUT2D eigenvalue weighted by molar-refractivity contribution is 1.13. The SMILES string of the molecule is N#CC(=C1NC(c2ccc(Cl)cc2)=CS1)c1ccnc(Cl)n1. The van der Waals surface area contributed by atoms with Crippen molar-refractivity contribution in [2.75, 3.05) is 0 Å². The fraction of sp³-hybridized carbons (Fsp3) is 0. The minimum Gasteiger partial charge on any atom is -0.348 e. The highest BCUT2D eigenvalue weighted by Gasteiger charge is 2.18. The monoisotopic (exact) mass is 346 g/mol. The third-order valence-corrected chi connectivity index (χ3v) is 4.25. The molecule has 108 valence electrons. The third kappa shape index (κ3) is 3.09. The highest BCUT2D eigenvalue weighted by atomic mass is 35.5. The van der Waals surface area contributed by atoms with Gasteiger partial charge in [-0.2, -0.15) is 5.26 Å². The molecule has 2 heterocycles. The molecular formula is C15H8Cl2N4S. The zero-order valence-electron chi connectivity index (χ0n) is 11.0. The molecule has 4 nitrogen and oxygen atoms in total. The summed E-state index contributed by atoms with van der Waals surface area (Å²) in [5.74, 6) is 0. The van der Waals surface area contributed by atoms with Crippen molar-refractivity contribution in [1.29, 1.82) is 5.26 Å². The molecule has 0 spiro atoms. The summed E-state index contributed by atoms with van der Waals surface area (Å²) in [4.78, 5) is 7.90. The van der Waals surface area contributed by atoms with Crippen LogP contribution in [0, 0.1) is 11.3 Å². The fourth-order valence-corrected chi connectivity index (χ4v) is 3.03. The van der Waals surface area contributed by atoms with Gasteiger partial charge in [0.2, 0.25) is 5.28 Å². The summed E-state index contributed by atoms with van der Waals surface area (Å²) in [6, 6.07) is 11.3. The fourth-order valence-electron chi connectivity index (χ4n) is 1.89. The van der Waals surface area contributed by atoms with E-state index in [2.05, 4.69) is 21.4 Å². The molecule has 0 fully saturated rings. The van der Waals surface area contributed by atoms with Gasteiger partial charge in [0, 0.05) is 16.6 Å². The van der Waals surface area contributed by atoms with Crippen molar-refractivity contribution in [2.24, 2.45) is 0 Å². The lowest BCUT2D eigenvalue weighted by Crippen LogP contribution is -2.07. The quantitative estimate of drug-likeness (QED) is 0.648. The van der Waals surface area contributed by atoms with E-state index in [4.69, 9.17) is 23.2 Å². The van der Waals surface area contributed by atoms with E-state index in [0.717, 1.165) is 11.3 Å². The lowest BCUT2D eigenvalue weighted by atomic mass is 10.1. The molecule has 0 amide bonds. The number of rotatable bonds is 2. The van der Waals surface area contributed by atoms with Gasteiger partial charge in [0.15, 0.2) is 0 Å². The van der Waals surface area contributed by atoms with Gasteiger partial charge in [0.1, 0.15) is 11.6 Å². The van der Waals surface area contributed by atoms with Gasteiger partial charge in [-0.25, -0.2) is 9.97 Å². The smallest absolute Gasteiger partial charge is 0.222 e. The van der Waals surface area contributed by atoms with Gasteiger partial charge in [-0.1, -0.05) is 35.5 Å². The number of halogens is 2. The second kappa shape index (κ2) is 6.41. The molecule has 0 aliphatic carbocycles. The van der Waals surface area contributed by atoms with Crippen molar-refractivity contribution >= 4 is 46.2 Å². The van der Waals surface area contributed by atoms with Crippen molar-refractivity contribution < 1.29 is 0 Å². The molecule has 0 unspecified atom stereocenters. The molecule has 1 aliphatic heterocycles. The molecule has 1 aromatic heterocycles. The van der Waals surface area contributed by atoms with E-state index >= 15 is 0 Å². The Kier molecular flexibility index (Phi) is 4.34. The van der Waals surface area contributed by atoms with Gasteiger partial charge in [0.05, 0.1) is 16.4 Å². The highest BCUT2D eigenvalue weighted by Crippen LogP contribution is 2.34. The molecule has 0 saturated carbocycles. The minimum absolute atomic E-state index is 0.111. The summed E-state index contributed by atoms with van der Waals surface area (Å²) in [6.45, 7) is 0. The molecule has 1 aromatic carbocycles. The number of allylic oxidation sites excluding steroid dienone is 1. The lowest BCUT2D eigenvalue weighted by Gasteiger charge is -2.07. The van der Waals surface area contributed by atoms with E-state index < -0.39 is 0 Å². The number of nitrogens with one attached hydrogen (secondary N) is 1. The first-order chi connectivity index (χ1) is 10.7. The van der Waals surface area contributed by atoms with Crippen molar-refractivity contribution in [1.82, 2.24) is 15.3 Å². The Morgan fingerprint density at radius 1 is 1.18 bits per heavy atom. The number of thioether (sulfide) groups is 1. The van der Waals surface area contributed by atoms with Gasteiger partial charge >= 0.3 is 0 Å². The van der Waals surface area contributed by atoms with E-state index in [1.165, 1.54) is 18.0 Å². The molecule has 0 bridgehead atoms. The van der Waals surface area contributed by atoms with Crippen LogP contribution in [0.1, 0.15) is 11.3 Å². The minimum atomic E-state index is 0.111. The normalized spacial score (nSPS) is 15.8. The molecule has 22 heavy (non-hydrogen) atoms. The van der Waals surface area contributed by atoms with Gasteiger partial charge in [-0.3, -0.25) is 0 Å². The number of hydrogen-bond donors (Lipinski definition) is 1. The average Bonchev–Trinajstić information content (AvgIpc) is 2.98. The predicted molar refractivity (Wildman–Crippen MR) is 89.7 cm³/mol. The Morgan fingerprint density at radius 3 is 2.64 bits per heavy atom. The van der Waals surface area contributed by atoms with Gasteiger partial charge in [0.25, 0.3) is 0 Å². The molecule has 7 heteroatoms. The first-order valence-electron chi connectivity index (χ1n) is 6.20. The summed E-state index contributed by atoms with van der Waals surface area (Å²) in [6.07, 6.45) is 1.52. The summed E-state index contributed by atoms with van der Waals surface area (Å²) in [7, 11) is 0. The van der Waals surface area contributed by atoms with Crippen LogP contribution in [-0.2, 0) is 0 Å². The van der Waals surface area contributed by atoms with Crippen molar-refractivity contribution in [3.8, 4) is 6.07 Å². The van der Waals surface area contributed by atoms with E-state index in [1.54, 1.807) is 6.07 Å². The van der Waals surface area contributed by atoms with Crippen LogP contribution in [0.25, 0.3) is 11.3 Å². The van der Waals surface area contributed by atoms with Crippen LogP contribution >= 0.6 is 35.0 Å². The zero-order chi connectivity index (χ0) is 15.5. The molecule has 1 N–H and O–H groups in total. The van der Waals surface area contributed by atoms with Crippen LogP contribution in [0.5, 0.6) is 0 Å². The predicted octanol–water partition coefficient (Wildman–Crippen LogP) is 4.31. The van der Waals surface area contributed by atoms with Crippen LogP contribution in [0.2, 0.25) is 10.3 Å². The van der Waals surface area contributed by atoms with Crippen LogP contribution < -0.4 is 5.32 Å². The van der Waals surface area contributed by atoms with E-state index in [0.29, 0.717) is 21.3 Å². The Bertz CT molecular complexity index is 822. The number of benzene rings is 1. The Morgan fingerprint density at radius 2 is 1.95 bits per heavy atom. The third-order valence-electron chi connectivity index (χ3n) is 2.92. The van der Waals surface area contributed by atoms with Crippen molar-refractivity contribution in [3.05, 3.63) is 68.5 Å². The van der Waals surface area contributed by atoms with Gasteiger partial charge in [-0.15, -0.1) is 0 Å². The largest absolute Gasteiger partial charge is 0.348 e. The molecule has 0 radical (unpaired) electrons. The number of hydrogen-bond acceptors (Lipinski definition) is 5. The van der Waals surface area contributed by atoms with Crippen LogP contribution in [-0.4, -0.2) is 9.97 Å². The van der Waals surface area contributed by atoms with Gasteiger partial charge < -0.3 is 5.32 Å². The summed E-state index contributed by atoms with van der Waals surface area (Å²) in [5.41, 5.74) is 2.81. The number of nitrogens with zero attached hydrogens (tertiary/aromatic N) is 3. The number of nitriles is 1. The summed E-state index contributed by atoms with van der Waals surface area (Å²) < 4.78 is 0. The number of aromatic nitrogens is 2. The molecule has 3 rings (SSSR count). The Balaban J connectivity index is 1.91.